The van der Waals surface area contributed by atoms with Crippen molar-refractivity contribution in [1.82, 2.24) is 10.3 Å². The van der Waals surface area contributed by atoms with E-state index in [2.05, 4.69) is 34.6 Å². The molecule has 1 fully saturated rings. The van der Waals surface area contributed by atoms with Crippen molar-refractivity contribution >= 4 is 44.7 Å². The molecule has 0 aliphatic carbocycles. The van der Waals surface area contributed by atoms with Gasteiger partial charge < -0.3 is 20.3 Å². The van der Waals surface area contributed by atoms with Crippen molar-refractivity contribution in [2.75, 3.05) is 43.1 Å². The maximum Gasteiger partial charge on any atom is 0.280 e. The predicted molar refractivity (Wildman–Crippen MR) is 129 cm³/mol. The summed E-state index contributed by atoms with van der Waals surface area (Å²) in [5, 5.41) is 6.26. The Morgan fingerprint density at radius 1 is 1.19 bits per heavy atom. The molecule has 1 aliphatic rings. The van der Waals surface area contributed by atoms with E-state index in [1.807, 2.05) is 24.3 Å². The maximum atomic E-state index is 12.9. The van der Waals surface area contributed by atoms with E-state index in [9.17, 15) is 9.59 Å². The highest BCUT2D eigenvalue weighted by Gasteiger charge is 2.20. The highest BCUT2D eigenvalue weighted by Crippen LogP contribution is 2.35. The van der Waals surface area contributed by atoms with Crippen molar-refractivity contribution in [3.05, 3.63) is 52.5 Å². The highest BCUT2D eigenvalue weighted by molar-refractivity contribution is 7.21. The Kier molecular flexibility index (Phi) is 7.02. The number of carbonyl (C=O) groups is 2. The number of ether oxygens (including phenoxy) is 1. The lowest BCUT2D eigenvalue weighted by Gasteiger charge is -2.29. The van der Waals surface area contributed by atoms with E-state index in [-0.39, 0.29) is 11.8 Å². The number of morpholine rings is 1. The van der Waals surface area contributed by atoms with Gasteiger partial charge in [0, 0.05) is 32.2 Å². The van der Waals surface area contributed by atoms with Gasteiger partial charge in [0.1, 0.15) is 0 Å². The van der Waals surface area contributed by atoms with Gasteiger partial charge in [-0.3, -0.25) is 9.59 Å². The largest absolute Gasteiger partial charge is 0.378 e. The molecule has 32 heavy (non-hydrogen) atoms. The third-order valence-electron chi connectivity index (χ3n) is 5.48. The van der Waals surface area contributed by atoms with Crippen molar-refractivity contribution in [2.45, 2.75) is 26.7 Å². The number of rotatable bonds is 7. The molecule has 0 atom stereocenters. The number of amides is 2. The molecule has 0 bridgehead atoms. The molecule has 2 N–H and O–H groups in total. The van der Waals surface area contributed by atoms with Gasteiger partial charge in [-0.25, -0.2) is 4.98 Å². The van der Waals surface area contributed by atoms with Crippen LogP contribution < -0.4 is 15.5 Å². The maximum absolute atomic E-state index is 12.9. The first-order chi connectivity index (χ1) is 15.5. The normalized spacial score (nSPS) is 13.9. The Morgan fingerprint density at radius 2 is 2.00 bits per heavy atom. The minimum Gasteiger partial charge on any atom is -0.378 e. The molecule has 2 aromatic carbocycles. The van der Waals surface area contributed by atoms with E-state index in [1.54, 1.807) is 0 Å². The topological polar surface area (TPSA) is 83.6 Å². The first kappa shape index (κ1) is 22.2. The van der Waals surface area contributed by atoms with Crippen molar-refractivity contribution in [1.29, 1.82) is 0 Å². The molecule has 168 valence electrons. The second-order valence-corrected chi connectivity index (χ2v) is 8.78. The van der Waals surface area contributed by atoms with Crippen LogP contribution >= 0.6 is 11.3 Å². The van der Waals surface area contributed by atoms with Gasteiger partial charge >= 0.3 is 0 Å². The zero-order valence-electron chi connectivity index (χ0n) is 18.4. The summed E-state index contributed by atoms with van der Waals surface area (Å²) in [6, 6.07) is 11.9. The minimum atomic E-state index is -0.154. The Hall–Kier alpha value is -2.97. The van der Waals surface area contributed by atoms with Crippen LogP contribution in [0.2, 0.25) is 0 Å². The highest BCUT2D eigenvalue weighted by atomic mass is 32.1. The van der Waals surface area contributed by atoms with Crippen LogP contribution in [0, 0.1) is 0 Å². The van der Waals surface area contributed by atoms with Crippen LogP contribution in [-0.2, 0) is 22.4 Å². The van der Waals surface area contributed by atoms with Gasteiger partial charge in [0.15, 0.2) is 5.01 Å². The third-order valence-corrected chi connectivity index (χ3v) is 6.56. The standard InChI is InChI=1S/C24H28N4O3S/c1-3-18-7-8-20(28-11-13-31-14-12-28)22-21(18)27-24(32-22)23(30)25-10-9-17-5-4-6-19(15-17)26-16(2)29/h4-8,15H,3,9-14H2,1-2H3,(H,25,30)(H,26,29). The summed E-state index contributed by atoms with van der Waals surface area (Å²) >= 11 is 1.46. The molecular weight excluding hydrogens is 424 g/mol. The first-order valence-electron chi connectivity index (χ1n) is 10.9. The number of benzene rings is 2. The Morgan fingerprint density at radius 3 is 2.75 bits per heavy atom. The average molecular weight is 453 g/mol. The van der Waals surface area contributed by atoms with Crippen LogP contribution in [0.4, 0.5) is 11.4 Å². The fourth-order valence-electron chi connectivity index (χ4n) is 3.89. The molecule has 7 nitrogen and oxygen atoms in total. The van der Waals surface area contributed by atoms with Gasteiger partial charge in [-0.2, -0.15) is 0 Å². The predicted octanol–water partition coefficient (Wildman–Crippen LogP) is 3.63. The van der Waals surface area contributed by atoms with E-state index >= 15 is 0 Å². The lowest BCUT2D eigenvalue weighted by molar-refractivity contribution is -0.114. The summed E-state index contributed by atoms with van der Waals surface area (Å²) in [5.74, 6) is -0.256. The molecule has 2 heterocycles. The molecule has 4 rings (SSSR count). The minimum absolute atomic E-state index is 0.103. The van der Waals surface area contributed by atoms with Crippen molar-refractivity contribution in [3.8, 4) is 0 Å². The summed E-state index contributed by atoms with van der Waals surface area (Å²) in [6.07, 6.45) is 1.54. The van der Waals surface area contributed by atoms with Gasteiger partial charge in [0.05, 0.1) is 29.1 Å². The van der Waals surface area contributed by atoms with Crippen molar-refractivity contribution < 1.29 is 14.3 Å². The number of hydrogen-bond donors (Lipinski definition) is 2. The van der Waals surface area contributed by atoms with Crippen LogP contribution in [0.15, 0.2) is 36.4 Å². The fraction of sp³-hybridized carbons (Fsp3) is 0.375. The van der Waals surface area contributed by atoms with E-state index in [0.29, 0.717) is 31.2 Å². The number of aryl methyl sites for hydroxylation is 1. The molecule has 0 saturated carbocycles. The lowest BCUT2D eigenvalue weighted by atomic mass is 10.1. The van der Waals surface area contributed by atoms with Crippen LogP contribution in [0.1, 0.15) is 34.8 Å². The van der Waals surface area contributed by atoms with Gasteiger partial charge in [0.2, 0.25) is 5.91 Å². The lowest BCUT2D eigenvalue weighted by Crippen LogP contribution is -2.36. The van der Waals surface area contributed by atoms with Crippen LogP contribution in [0.3, 0.4) is 0 Å². The number of nitrogens with zero attached hydrogens (tertiary/aromatic N) is 2. The molecule has 1 aliphatic heterocycles. The number of thiazole rings is 1. The van der Waals surface area contributed by atoms with Gasteiger partial charge in [-0.1, -0.05) is 25.1 Å². The Balaban J connectivity index is 1.47. The smallest absolute Gasteiger partial charge is 0.280 e. The quantitative estimate of drug-likeness (QED) is 0.572. The summed E-state index contributed by atoms with van der Waals surface area (Å²) in [5.41, 5.74) is 5.02. The Labute approximate surface area is 191 Å². The van der Waals surface area contributed by atoms with Gasteiger partial charge in [-0.05, 0) is 42.2 Å². The number of aromatic nitrogens is 1. The second-order valence-electron chi connectivity index (χ2n) is 7.78. The summed E-state index contributed by atoms with van der Waals surface area (Å²) in [7, 11) is 0. The third kappa shape index (κ3) is 5.08. The molecule has 1 aromatic heterocycles. The number of fused-ring (bicyclic) bond motifs is 1. The number of anilines is 2. The van der Waals surface area contributed by atoms with Crippen molar-refractivity contribution in [3.63, 3.8) is 0 Å². The number of carbonyl (C=O) groups excluding carboxylic acids is 2. The second kappa shape index (κ2) is 10.1. The zero-order chi connectivity index (χ0) is 22.5. The van der Waals surface area contributed by atoms with Crippen LogP contribution in [0.25, 0.3) is 10.2 Å². The Bertz CT molecular complexity index is 1120. The van der Waals surface area contributed by atoms with E-state index in [1.165, 1.54) is 18.3 Å². The summed E-state index contributed by atoms with van der Waals surface area (Å²) < 4.78 is 6.56. The fourth-order valence-corrected chi connectivity index (χ4v) is 4.96. The summed E-state index contributed by atoms with van der Waals surface area (Å²) in [6.45, 7) is 7.21. The zero-order valence-corrected chi connectivity index (χ0v) is 19.3. The first-order valence-corrected chi connectivity index (χ1v) is 11.8. The molecule has 3 aromatic rings. The SMILES string of the molecule is CCc1ccc(N2CCOCC2)c2sc(C(=O)NCCc3cccc(NC(C)=O)c3)nc12. The van der Waals surface area contributed by atoms with E-state index in [0.717, 1.165) is 52.2 Å². The van der Waals surface area contributed by atoms with E-state index in [4.69, 9.17) is 9.72 Å². The molecular formula is C24H28N4O3S. The molecule has 0 radical (unpaired) electrons. The number of nitrogens with one attached hydrogen (secondary N) is 2. The molecule has 0 spiro atoms. The van der Waals surface area contributed by atoms with Gasteiger partial charge in [0.25, 0.3) is 5.91 Å². The molecule has 2 amide bonds. The molecule has 0 unspecified atom stereocenters. The van der Waals surface area contributed by atoms with Crippen LogP contribution in [0.5, 0.6) is 0 Å². The van der Waals surface area contributed by atoms with Crippen molar-refractivity contribution in [2.24, 2.45) is 0 Å². The molecule has 1 saturated heterocycles. The average Bonchev–Trinajstić information content (AvgIpc) is 3.24. The summed E-state index contributed by atoms with van der Waals surface area (Å²) in [4.78, 5) is 31.1. The van der Waals surface area contributed by atoms with E-state index < -0.39 is 0 Å². The van der Waals surface area contributed by atoms with Crippen LogP contribution in [-0.4, -0.2) is 49.6 Å². The van der Waals surface area contributed by atoms with Gasteiger partial charge in [-0.15, -0.1) is 11.3 Å². The number of hydrogen-bond acceptors (Lipinski definition) is 6. The molecule has 8 heteroatoms. The monoisotopic (exact) mass is 452 g/mol.